The second kappa shape index (κ2) is 4.70. The lowest BCUT2D eigenvalue weighted by Crippen LogP contribution is -2.19. The number of carbonyl (C=O) groups is 1. The smallest absolute Gasteiger partial charge is 0.335 e. The van der Waals surface area contributed by atoms with Crippen LogP contribution in [-0.4, -0.2) is 17.1 Å². The van der Waals surface area contributed by atoms with Crippen molar-refractivity contribution < 1.29 is 9.90 Å². The molecule has 1 aromatic heterocycles. The van der Waals surface area contributed by atoms with E-state index in [1.807, 2.05) is 6.07 Å². The molecule has 0 saturated heterocycles. The van der Waals surface area contributed by atoms with Crippen LogP contribution in [0.15, 0.2) is 29.6 Å². The first kappa shape index (κ1) is 12.2. The van der Waals surface area contributed by atoms with Crippen LogP contribution in [0.4, 0.5) is 5.69 Å². The van der Waals surface area contributed by atoms with E-state index in [2.05, 4.69) is 23.7 Å². The lowest BCUT2D eigenvalue weighted by molar-refractivity contribution is 0.0697. The Kier molecular flexibility index (Phi) is 3.03. The first-order chi connectivity index (χ1) is 9.13. The molecule has 3 rings (SSSR count). The van der Waals surface area contributed by atoms with E-state index in [9.17, 15) is 4.79 Å². The van der Waals surface area contributed by atoms with Gasteiger partial charge in [0, 0.05) is 16.6 Å². The van der Waals surface area contributed by atoms with E-state index < -0.39 is 5.97 Å². The molecule has 0 saturated carbocycles. The number of nitrogens with one attached hydrogen (secondary N) is 1. The number of anilines is 1. The highest BCUT2D eigenvalue weighted by molar-refractivity contribution is 7.10. The first-order valence-electron chi connectivity index (χ1n) is 6.29. The Morgan fingerprint density at radius 2 is 2.11 bits per heavy atom. The highest BCUT2D eigenvalue weighted by Gasteiger charge is 2.22. The monoisotopic (exact) mass is 273 g/mol. The molecule has 19 heavy (non-hydrogen) atoms. The van der Waals surface area contributed by atoms with Crippen LogP contribution in [0.2, 0.25) is 0 Å². The van der Waals surface area contributed by atoms with E-state index in [0.29, 0.717) is 11.6 Å². The van der Waals surface area contributed by atoms with Crippen LogP contribution in [0.3, 0.4) is 0 Å². The van der Waals surface area contributed by atoms with Crippen LogP contribution >= 0.6 is 11.3 Å². The van der Waals surface area contributed by atoms with Crippen molar-refractivity contribution in [3.8, 4) is 0 Å². The molecular weight excluding hydrogens is 258 g/mol. The minimum Gasteiger partial charge on any atom is -0.478 e. The van der Waals surface area contributed by atoms with Crippen LogP contribution in [0.5, 0.6) is 0 Å². The fourth-order valence-corrected chi connectivity index (χ4v) is 3.27. The van der Waals surface area contributed by atoms with E-state index in [1.54, 1.807) is 23.5 Å². The SMILES string of the molecule is Cc1sccc1NC1Cc2ccc(C(=O)O)cc2C1. The Hall–Kier alpha value is -1.81. The van der Waals surface area contributed by atoms with Crippen molar-refractivity contribution in [2.75, 3.05) is 5.32 Å². The fraction of sp³-hybridized carbons (Fsp3) is 0.267. The predicted molar refractivity (Wildman–Crippen MR) is 77.3 cm³/mol. The summed E-state index contributed by atoms with van der Waals surface area (Å²) in [5, 5.41) is 14.6. The summed E-state index contributed by atoms with van der Waals surface area (Å²) in [4.78, 5) is 12.3. The Morgan fingerprint density at radius 1 is 1.32 bits per heavy atom. The number of carboxylic acids is 1. The standard InChI is InChI=1S/C15H15NO2S/c1-9-14(4-5-19-9)16-13-7-10-2-3-11(15(17)18)6-12(10)8-13/h2-6,13,16H,7-8H2,1H3,(H,17,18). The van der Waals surface area contributed by atoms with Gasteiger partial charge >= 0.3 is 5.97 Å². The molecule has 2 aromatic rings. The molecule has 0 spiro atoms. The molecule has 0 amide bonds. The average molecular weight is 273 g/mol. The predicted octanol–water partition coefficient (Wildman–Crippen LogP) is 3.33. The summed E-state index contributed by atoms with van der Waals surface area (Å²) in [6, 6.07) is 7.92. The highest BCUT2D eigenvalue weighted by atomic mass is 32.1. The van der Waals surface area contributed by atoms with Crippen molar-refractivity contribution in [1.29, 1.82) is 0 Å². The number of thiophene rings is 1. The number of hydrogen-bond donors (Lipinski definition) is 2. The number of fused-ring (bicyclic) bond motifs is 1. The quantitative estimate of drug-likeness (QED) is 0.901. The van der Waals surface area contributed by atoms with Gasteiger partial charge in [0.05, 0.1) is 5.56 Å². The molecule has 0 fully saturated rings. The zero-order valence-corrected chi connectivity index (χ0v) is 11.5. The maximum Gasteiger partial charge on any atom is 0.335 e. The third-order valence-electron chi connectivity index (χ3n) is 3.60. The number of hydrogen-bond acceptors (Lipinski definition) is 3. The van der Waals surface area contributed by atoms with Crippen molar-refractivity contribution in [3.63, 3.8) is 0 Å². The van der Waals surface area contributed by atoms with Crippen molar-refractivity contribution >= 4 is 23.0 Å². The second-order valence-electron chi connectivity index (χ2n) is 4.93. The maximum atomic E-state index is 11.0. The van der Waals surface area contributed by atoms with Crippen molar-refractivity contribution in [3.05, 3.63) is 51.2 Å². The molecule has 1 aromatic carbocycles. The molecule has 1 aliphatic rings. The summed E-state index contributed by atoms with van der Waals surface area (Å²) >= 11 is 1.74. The number of rotatable bonds is 3. The van der Waals surface area contributed by atoms with Crippen LogP contribution < -0.4 is 5.32 Å². The van der Waals surface area contributed by atoms with Crippen molar-refractivity contribution in [1.82, 2.24) is 0 Å². The summed E-state index contributed by atoms with van der Waals surface area (Å²) in [6.45, 7) is 2.11. The summed E-state index contributed by atoms with van der Waals surface area (Å²) < 4.78 is 0. The van der Waals surface area contributed by atoms with Gasteiger partial charge in [-0.05, 0) is 54.5 Å². The number of aryl methyl sites for hydroxylation is 1. The molecule has 1 atom stereocenters. The minimum absolute atomic E-state index is 0.368. The zero-order chi connectivity index (χ0) is 13.4. The van der Waals surface area contributed by atoms with Crippen LogP contribution in [0.1, 0.15) is 26.4 Å². The lowest BCUT2D eigenvalue weighted by Gasteiger charge is -2.12. The third kappa shape index (κ3) is 2.36. The number of carboxylic acid groups (broad SMARTS) is 1. The van der Waals surface area contributed by atoms with Gasteiger partial charge in [-0.15, -0.1) is 11.3 Å². The minimum atomic E-state index is -0.854. The molecule has 1 unspecified atom stereocenters. The van der Waals surface area contributed by atoms with E-state index in [-0.39, 0.29) is 0 Å². The molecule has 0 radical (unpaired) electrons. The molecular formula is C15H15NO2S. The van der Waals surface area contributed by atoms with Gasteiger partial charge in [-0.25, -0.2) is 4.79 Å². The van der Waals surface area contributed by atoms with Crippen LogP contribution in [-0.2, 0) is 12.8 Å². The molecule has 0 bridgehead atoms. The molecule has 1 heterocycles. The normalized spacial score (nSPS) is 17.2. The summed E-state index contributed by atoms with van der Waals surface area (Å²) in [5.41, 5.74) is 3.99. The molecule has 0 aliphatic heterocycles. The van der Waals surface area contributed by atoms with Gasteiger partial charge in [0.1, 0.15) is 0 Å². The van der Waals surface area contributed by atoms with Gasteiger partial charge in [-0.3, -0.25) is 0 Å². The van der Waals surface area contributed by atoms with Gasteiger partial charge in [0.25, 0.3) is 0 Å². The summed E-state index contributed by atoms with van der Waals surface area (Å²) in [6.07, 6.45) is 1.86. The van der Waals surface area contributed by atoms with E-state index in [4.69, 9.17) is 5.11 Å². The van der Waals surface area contributed by atoms with E-state index >= 15 is 0 Å². The average Bonchev–Trinajstić information content (AvgIpc) is 2.95. The molecule has 2 N–H and O–H groups in total. The molecule has 3 nitrogen and oxygen atoms in total. The van der Waals surface area contributed by atoms with Crippen LogP contribution in [0, 0.1) is 6.92 Å². The number of aromatic carboxylic acids is 1. The topological polar surface area (TPSA) is 49.3 Å². The van der Waals surface area contributed by atoms with Gasteiger partial charge in [0.15, 0.2) is 0 Å². The second-order valence-corrected chi connectivity index (χ2v) is 6.05. The van der Waals surface area contributed by atoms with Gasteiger partial charge in [0.2, 0.25) is 0 Å². The van der Waals surface area contributed by atoms with Gasteiger partial charge in [-0.2, -0.15) is 0 Å². The van der Waals surface area contributed by atoms with Gasteiger partial charge in [-0.1, -0.05) is 6.07 Å². The Balaban J connectivity index is 1.77. The summed E-state index contributed by atoms with van der Waals surface area (Å²) in [7, 11) is 0. The highest BCUT2D eigenvalue weighted by Crippen LogP contribution is 2.28. The van der Waals surface area contributed by atoms with Crippen molar-refractivity contribution in [2.45, 2.75) is 25.8 Å². The van der Waals surface area contributed by atoms with Gasteiger partial charge < -0.3 is 10.4 Å². The molecule has 4 heteroatoms. The first-order valence-corrected chi connectivity index (χ1v) is 7.17. The fourth-order valence-electron chi connectivity index (χ4n) is 2.61. The van der Waals surface area contributed by atoms with E-state index in [1.165, 1.54) is 16.1 Å². The summed E-state index contributed by atoms with van der Waals surface area (Å²) in [5.74, 6) is -0.854. The molecule has 1 aliphatic carbocycles. The Labute approximate surface area is 115 Å². The zero-order valence-electron chi connectivity index (χ0n) is 10.6. The number of benzene rings is 1. The third-order valence-corrected chi connectivity index (χ3v) is 4.45. The Morgan fingerprint density at radius 3 is 2.79 bits per heavy atom. The largest absolute Gasteiger partial charge is 0.478 e. The van der Waals surface area contributed by atoms with Crippen LogP contribution in [0.25, 0.3) is 0 Å². The maximum absolute atomic E-state index is 11.0. The Bertz CT molecular complexity index is 633. The lowest BCUT2D eigenvalue weighted by atomic mass is 10.1. The molecule has 98 valence electrons. The van der Waals surface area contributed by atoms with E-state index in [0.717, 1.165) is 18.4 Å². The van der Waals surface area contributed by atoms with Crippen molar-refractivity contribution in [2.24, 2.45) is 0 Å².